The fraction of sp³-hybridized carbons (Fsp3) is 0.304. The normalized spacial score (nSPS) is 11.2. The fourth-order valence-electron chi connectivity index (χ4n) is 2.86. The number of rotatable bonds is 10. The number of hydrogen-bond donors (Lipinski definition) is 2. The number of nitrogens with one attached hydrogen (secondary N) is 2. The van der Waals surface area contributed by atoms with Gasteiger partial charge in [-0.25, -0.2) is 4.98 Å². The molecule has 3 rings (SSSR count). The average molecular weight is 446 g/mol. The molecule has 0 aliphatic heterocycles. The van der Waals surface area contributed by atoms with Crippen molar-refractivity contribution in [1.29, 1.82) is 0 Å². The Morgan fingerprint density at radius 3 is 2.09 bits per heavy atom. The van der Waals surface area contributed by atoms with E-state index in [0.29, 0.717) is 29.5 Å². The molecule has 0 spiro atoms. The molecule has 1 aromatic heterocycles. The Morgan fingerprint density at radius 2 is 1.50 bits per heavy atom. The molecule has 0 amide bonds. The summed E-state index contributed by atoms with van der Waals surface area (Å²) in [4.78, 5) is 7.86. The van der Waals surface area contributed by atoms with Crippen molar-refractivity contribution in [2.24, 2.45) is 0 Å². The van der Waals surface area contributed by atoms with Gasteiger partial charge >= 0.3 is 6.18 Å². The molecule has 0 fully saturated rings. The number of hydrogen-bond acceptors (Lipinski definition) is 6. The Morgan fingerprint density at radius 1 is 0.875 bits per heavy atom. The maximum Gasteiger partial charge on any atom is 0.421 e. The highest BCUT2D eigenvalue weighted by Crippen LogP contribution is 2.35. The third-order valence-electron chi connectivity index (χ3n) is 4.57. The van der Waals surface area contributed by atoms with E-state index >= 15 is 0 Å². The van der Waals surface area contributed by atoms with E-state index in [1.54, 1.807) is 55.6 Å². The van der Waals surface area contributed by atoms with Crippen LogP contribution in [0.25, 0.3) is 0 Å². The van der Waals surface area contributed by atoms with E-state index in [1.165, 1.54) is 0 Å². The van der Waals surface area contributed by atoms with Gasteiger partial charge in [0.1, 0.15) is 22.9 Å². The number of ether oxygens (including phenoxy) is 2. The summed E-state index contributed by atoms with van der Waals surface area (Å²) in [5.74, 6) is 0.998. The Labute approximate surface area is 184 Å². The third kappa shape index (κ3) is 6.50. The Bertz CT molecular complexity index is 994. The summed E-state index contributed by atoms with van der Waals surface area (Å²) in [6.07, 6.45) is -0.714. The van der Waals surface area contributed by atoms with E-state index in [-0.39, 0.29) is 11.8 Å². The molecule has 0 saturated carbocycles. The van der Waals surface area contributed by atoms with E-state index in [1.807, 2.05) is 0 Å². The first kappa shape index (κ1) is 23.2. The predicted octanol–water partition coefficient (Wildman–Crippen LogP) is 6.56. The molecule has 0 radical (unpaired) electrons. The van der Waals surface area contributed by atoms with Crippen LogP contribution in [-0.2, 0) is 6.18 Å². The van der Waals surface area contributed by atoms with Crippen LogP contribution >= 0.6 is 0 Å². The third-order valence-corrected chi connectivity index (χ3v) is 4.57. The van der Waals surface area contributed by atoms with E-state index in [4.69, 9.17) is 9.47 Å². The quantitative estimate of drug-likeness (QED) is 0.344. The van der Waals surface area contributed by atoms with E-state index in [2.05, 4.69) is 27.5 Å². The van der Waals surface area contributed by atoms with Crippen molar-refractivity contribution in [3.63, 3.8) is 0 Å². The molecule has 9 heteroatoms. The van der Waals surface area contributed by atoms with Gasteiger partial charge in [-0.2, -0.15) is 18.2 Å². The van der Waals surface area contributed by atoms with Crippen LogP contribution in [0.1, 0.15) is 31.7 Å². The van der Waals surface area contributed by atoms with Crippen LogP contribution in [0, 0.1) is 0 Å². The van der Waals surface area contributed by atoms with Crippen LogP contribution in [0.15, 0.2) is 54.7 Å². The number of halogens is 3. The molecule has 0 saturated heterocycles. The lowest BCUT2D eigenvalue weighted by Crippen LogP contribution is -2.12. The highest BCUT2D eigenvalue weighted by atomic mass is 19.4. The molecule has 0 aliphatic carbocycles. The number of aromatic nitrogens is 2. The lowest BCUT2D eigenvalue weighted by molar-refractivity contribution is -0.137. The van der Waals surface area contributed by atoms with Gasteiger partial charge in [0.15, 0.2) is 0 Å². The summed E-state index contributed by atoms with van der Waals surface area (Å²) in [5.41, 5.74) is 0.101. The number of anilines is 4. The van der Waals surface area contributed by atoms with Gasteiger partial charge in [0.05, 0.1) is 13.7 Å². The lowest BCUT2D eigenvalue weighted by atomic mass is 10.2. The van der Waals surface area contributed by atoms with Gasteiger partial charge in [-0.05, 0) is 55.0 Å². The zero-order valence-corrected chi connectivity index (χ0v) is 17.9. The van der Waals surface area contributed by atoms with Gasteiger partial charge in [0.25, 0.3) is 0 Å². The van der Waals surface area contributed by atoms with Gasteiger partial charge < -0.3 is 20.1 Å². The molecular formula is C23H25F3N4O2. The van der Waals surface area contributed by atoms with Gasteiger partial charge in [0, 0.05) is 17.6 Å². The molecule has 0 aliphatic rings. The SMILES string of the molecule is CCCCCOc1ccc(Nc2nc(Nc3ccc(OC)cc3)ncc2C(F)(F)F)cc1. The van der Waals surface area contributed by atoms with E-state index in [0.717, 1.165) is 25.5 Å². The van der Waals surface area contributed by atoms with E-state index < -0.39 is 11.7 Å². The molecular weight excluding hydrogens is 421 g/mol. The highest BCUT2D eigenvalue weighted by Gasteiger charge is 2.35. The molecule has 2 N–H and O–H groups in total. The minimum absolute atomic E-state index is 0.0292. The average Bonchev–Trinajstić information content (AvgIpc) is 2.78. The largest absolute Gasteiger partial charge is 0.497 e. The van der Waals surface area contributed by atoms with Gasteiger partial charge in [-0.3, -0.25) is 0 Å². The van der Waals surface area contributed by atoms with Crippen LogP contribution in [0.2, 0.25) is 0 Å². The molecule has 2 aromatic carbocycles. The number of nitrogens with zero attached hydrogens (tertiary/aromatic N) is 2. The van der Waals surface area contributed by atoms with Crippen LogP contribution in [0.5, 0.6) is 11.5 Å². The van der Waals surface area contributed by atoms with Crippen LogP contribution in [0.3, 0.4) is 0 Å². The van der Waals surface area contributed by atoms with Gasteiger partial charge in [0.2, 0.25) is 5.95 Å². The summed E-state index contributed by atoms with van der Waals surface area (Å²) >= 11 is 0. The molecule has 0 unspecified atom stereocenters. The summed E-state index contributed by atoms with van der Waals surface area (Å²) in [6.45, 7) is 2.71. The highest BCUT2D eigenvalue weighted by molar-refractivity contribution is 5.63. The van der Waals surface area contributed by atoms with Gasteiger partial charge in [-0.1, -0.05) is 19.8 Å². The zero-order chi connectivity index (χ0) is 23.0. The molecule has 0 atom stereocenters. The summed E-state index contributed by atoms with van der Waals surface area (Å²) in [5, 5.41) is 5.64. The predicted molar refractivity (Wildman–Crippen MR) is 118 cm³/mol. The summed E-state index contributed by atoms with van der Waals surface area (Å²) in [7, 11) is 1.55. The van der Waals surface area contributed by atoms with Crippen molar-refractivity contribution in [2.45, 2.75) is 32.4 Å². The van der Waals surface area contributed by atoms with Crippen LogP contribution in [-0.4, -0.2) is 23.7 Å². The Balaban J connectivity index is 1.76. The minimum atomic E-state index is -4.61. The van der Waals surface area contributed by atoms with Crippen molar-refractivity contribution < 1.29 is 22.6 Å². The lowest BCUT2D eigenvalue weighted by Gasteiger charge is -2.15. The standard InChI is InChI=1S/C23H25F3N4O2/c1-3-4-5-14-32-19-12-8-16(9-13-19)28-21-20(23(24,25)26)15-27-22(30-21)29-17-6-10-18(31-2)11-7-17/h6-13,15H,3-5,14H2,1-2H3,(H2,27,28,29,30). The van der Waals surface area contributed by atoms with Crippen molar-refractivity contribution in [1.82, 2.24) is 9.97 Å². The van der Waals surface area contributed by atoms with Crippen molar-refractivity contribution in [3.8, 4) is 11.5 Å². The topological polar surface area (TPSA) is 68.3 Å². The first-order valence-corrected chi connectivity index (χ1v) is 10.2. The monoisotopic (exact) mass is 446 g/mol. The fourth-order valence-corrected chi connectivity index (χ4v) is 2.86. The molecule has 1 heterocycles. The zero-order valence-electron chi connectivity index (χ0n) is 17.9. The molecule has 3 aromatic rings. The van der Waals surface area contributed by atoms with Crippen molar-refractivity contribution in [3.05, 3.63) is 60.3 Å². The number of unbranched alkanes of at least 4 members (excludes halogenated alkanes) is 2. The van der Waals surface area contributed by atoms with Crippen LogP contribution < -0.4 is 20.1 Å². The molecule has 170 valence electrons. The van der Waals surface area contributed by atoms with E-state index in [9.17, 15) is 13.2 Å². The second-order valence-corrected chi connectivity index (χ2v) is 7.01. The number of benzene rings is 2. The number of methoxy groups -OCH3 is 1. The number of alkyl halides is 3. The maximum atomic E-state index is 13.5. The summed E-state index contributed by atoms with van der Waals surface area (Å²) < 4.78 is 51.2. The summed E-state index contributed by atoms with van der Waals surface area (Å²) in [6, 6.07) is 13.6. The van der Waals surface area contributed by atoms with Gasteiger partial charge in [-0.15, -0.1) is 0 Å². The Hall–Kier alpha value is -3.49. The molecule has 6 nitrogen and oxygen atoms in total. The van der Waals surface area contributed by atoms with Crippen LogP contribution in [0.4, 0.5) is 36.3 Å². The smallest absolute Gasteiger partial charge is 0.421 e. The first-order chi connectivity index (χ1) is 15.4. The Kier molecular flexibility index (Phi) is 7.75. The second kappa shape index (κ2) is 10.7. The minimum Gasteiger partial charge on any atom is -0.497 e. The molecule has 0 bridgehead atoms. The van der Waals surface area contributed by atoms with Crippen molar-refractivity contribution in [2.75, 3.05) is 24.4 Å². The second-order valence-electron chi connectivity index (χ2n) is 7.01. The maximum absolute atomic E-state index is 13.5. The molecule has 32 heavy (non-hydrogen) atoms. The van der Waals surface area contributed by atoms with Crippen molar-refractivity contribution >= 4 is 23.1 Å². The first-order valence-electron chi connectivity index (χ1n) is 10.2.